The van der Waals surface area contributed by atoms with Crippen LogP contribution in [0.3, 0.4) is 0 Å². The van der Waals surface area contributed by atoms with Gasteiger partial charge in [0.25, 0.3) is 5.56 Å². The van der Waals surface area contributed by atoms with E-state index in [2.05, 4.69) is 10.3 Å². The van der Waals surface area contributed by atoms with E-state index < -0.39 is 77.4 Å². The average Bonchev–Trinajstić information content (AvgIpc) is 3.42. The van der Waals surface area contributed by atoms with Crippen LogP contribution in [0.5, 0.6) is 5.75 Å². The molecule has 1 amide bonds. The summed E-state index contributed by atoms with van der Waals surface area (Å²) in [5.74, 6) is -4.80. The molecule has 55 heavy (non-hydrogen) atoms. The van der Waals surface area contributed by atoms with E-state index >= 15 is 0 Å². The second-order valence-corrected chi connectivity index (χ2v) is 14.1. The van der Waals surface area contributed by atoms with Crippen molar-refractivity contribution in [1.82, 2.24) is 10.3 Å². The first-order valence-electron chi connectivity index (χ1n) is 18.6. The second kappa shape index (κ2) is 21.2. The Kier molecular flexibility index (Phi) is 17.4. The van der Waals surface area contributed by atoms with Crippen LogP contribution in [0.4, 0.5) is 0 Å². The molecule has 302 valence electrons. The summed E-state index contributed by atoms with van der Waals surface area (Å²) in [6, 6.07) is 1.22. The summed E-state index contributed by atoms with van der Waals surface area (Å²) in [6.07, 6.45) is 16.0. The number of rotatable bonds is 17. The van der Waals surface area contributed by atoms with E-state index in [1.54, 1.807) is 62.6 Å². The van der Waals surface area contributed by atoms with Gasteiger partial charge in [-0.3, -0.25) is 14.4 Å². The number of aliphatic hydroxyl groups is 4. The Morgan fingerprint density at radius 3 is 2.40 bits per heavy atom. The molecule has 11 atom stereocenters. The minimum atomic E-state index is -1.83. The zero-order chi connectivity index (χ0) is 40.9. The Labute approximate surface area is 323 Å². The molecule has 3 rings (SSSR count). The van der Waals surface area contributed by atoms with Crippen molar-refractivity contribution in [2.75, 3.05) is 13.7 Å². The maximum absolute atomic E-state index is 13.2. The van der Waals surface area contributed by atoms with Crippen molar-refractivity contribution >= 4 is 11.7 Å². The number of methoxy groups -OCH3 is 1. The number of amides is 1. The van der Waals surface area contributed by atoms with Gasteiger partial charge in [0.1, 0.15) is 29.6 Å². The van der Waals surface area contributed by atoms with Crippen LogP contribution in [-0.2, 0) is 19.0 Å². The fourth-order valence-corrected chi connectivity index (χ4v) is 6.90. The van der Waals surface area contributed by atoms with Gasteiger partial charge in [0.15, 0.2) is 11.6 Å². The highest BCUT2D eigenvalue weighted by molar-refractivity contribution is 6.09. The Balaban J connectivity index is 1.57. The molecule has 0 aliphatic carbocycles. The number of H-pyrrole nitrogens is 1. The van der Waals surface area contributed by atoms with E-state index in [9.17, 15) is 39.9 Å². The molecule has 0 aromatic carbocycles. The largest absolute Gasteiger partial charge is 0.507 e. The van der Waals surface area contributed by atoms with Crippen LogP contribution in [0.15, 0.2) is 101 Å². The van der Waals surface area contributed by atoms with Gasteiger partial charge < -0.3 is 50.0 Å². The smallest absolute Gasteiger partial charge is 0.262 e. The molecule has 13 heteroatoms. The lowest BCUT2D eigenvalue weighted by Crippen LogP contribution is -2.57. The molecule has 2 fully saturated rings. The molecule has 0 spiro atoms. The van der Waals surface area contributed by atoms with Crippen LogP contribution >= 0.6 is 0 Å². The third-order valence-corrected chi connectivity index (χ3v) is 10.2. The molecular weight excluding hydrogens is 708 g/mol. The van der Waals surface area contributed by atoms with E-state index in [0.717, 1.165) is 5.57 Å². The zero-order valence-corrected chi connectivity index (χ0v) is 32.7. The van der Waals surface area contributed by atoms with Crippen LogP contribution in [0.25, 0.3) is 0 Å². The minimum Gasteiger partial charge on any atom is -0.507 e. The number of nitrogens with one attached hydrogen (secondary N) is 2. The van der Waals surface area contributed by atoms with Crippen LogP contribution in [0.1, 0.15) is 64.7 Å². The molecule has 0 radical (unpaired) electrons. The normalized spacial score (nSPS) is 29.9. The van der Waals surface area contributed by atoms with Gasteiger partial charge in [-0.05, 0) is 44.4 Å². The molecule has 3 heterocycles. The standard InChI is InChI=1S/C42H58N2O11/c1-8-10-12-19-32-27(5)31(46)24-42(52,55-32)29(9-2)40(50)43-22-16-15-18-26(4)38(53-7)28(6)39-37(49)36(48)33(54-39)20-14-11-13-17-25(3)35(47)34-30(45)21-23-44-41(34)51/h8,10-21,23,27-29,31-33,36-39,46,48-49,52H,9,22,24H2,1-7H3,(H,43,50)(H2,44,45,51)/b10-8-,13-11+,16-15+,19-12+,20-14+,25-17+,26-18+/t27-,28+,29+,31?,32-,33+,36-,37-,38+,39-,42-/m0/s1. The summed E-state index contributed by atoms with van der Waals surface area (Å²) in [4.78, 5) is 40.1. The first-order valence-corrected chi connectivity index (χ1v) is 18.6. The lowest BCUT2D eigenvalue weighted by atomic mass is 9.81. The summed E-state index contributed by atoms with van der Waals surface area (Å²) < 4.78 is 17.8. The average molecular weight is 767 g/mol. The number of hydrogen-bond donors (Lipinski definition) is 7. The van der Waals surface area contributed by atoms with Crippen LogP contribution in [0, 0.1) is 17.8 Å². The second-order valence-electron chi connectivity index (χ2n) is 14.1. The van der Waals surface area contributed by atoms with Gasteiger partial charge in [0.05, 0.1) is 30.3 Å². The van der Waals surface area contributed by atoms with Crippen LogP contribution in [0.2, 0.25) is 0 Å². The fraction of sp³-hybridized carbons (Fsp3) is 0.500. The summed E-state index contributed by atoms with van der Waals surface area (Å²) in [5, 5.41) is 56.4. The highest BCUT2D eigenvalue weighted by atomic mass is 16.6. The van der Waals surface area contributed by atoms with Crippen molar-refractivity contribution < 1.29 is 49.3 Å². The van der Waals surface area contributed by atoms with Gasteiger partial charge in [-0.25, -0.2) is 0 Å². The van der Waals surface area contributed by atoms with Crippen LogP contribution in [-0.4, -0.2) is 104 Å². The van der Waals surface area contributed by atoms with E-state index in [-0.39, 0.29) is 35.9 Å². The maximum Gasteiger partial charge on any atom is 0.262 e. The molecule has 1 aromatic heterocycles. The van der Waals surface area contributed by atoms with Gasteiger partial charge in [-0.2, -0.15) is 0 Å². The first-order chi connectivity index (χ1) is 26.1. The van der Waals surface area contributed by atoms with E-state index in [0.29, 0.717) is 6.42 Å². The number of aromatic nitrogens is 1. The minimum absolute atomic E-state index is 0.0821. The zero-order valence-electron chi connectivity index (χ0n) is 32.7. The number of allylic oxidation sites excluding steroid dienone is 10. The van der Waals surface area contributed by atoms with Crippen molar-refractivity contribution in [1.29, 1.82) is 0 Å². The molecule has 0 saturated carbocycles. The van der Waals surface area contributed by atoms with Crippen molar-refractivity contribution in [3.05, 3.63) is 112 Å². The molecular formula is C42H58N2O11. The SMILES string of the molecule is C/C=C\C=C\[C@@H]1O[C@](O)([C@H](CC)C(=O)NC/C=C/C=C(\C)[C@@H](OC)[C@@H](C)[C@@H]2O[C@H](/C=C/C=C/C=C(\C)C(=O)c3c(O)cc[nH]c3=O)[C@H](O)[C@@H]2O)CC(O)[C@@H]1C. The van der Waals surface area contributed by atoms with E-state index in [1.807, 2.05) is 45.9 Å². The number of pyridine rings is 1. The number of aromatic hydroxyl groups is 1. The molecule has 13 nitrogen and oxygen atoms in total. The predicted octanol–water partition coefficient (Wildman–Crippen LogP) is 3.71. The monoisotopic (exact) mass is 766 g/mol. The number of ether oxygens (including phenoxy) is 3. The van der Waals surface area contributed by atoms with Gasteiger partial charge in [-0.1, -0.05) is 93.7 Å². The lowest BCUT2D eigenvalue weighted by Gasteiger charge is -2.45. The predicted molar refractivity (Wildman–Crippen MR) is 209 cm³/mol. The molecule has 1 unspecified atom stereocenters. The Morgan fingerprint density at radius 1 is 1.05 bits per heavy atom. The molecule has 2 aliphatic rings. The summed E-state index contributed by atoms with van der Waals surface area (Å²) in [7, 11) is 1.54. The van der Waals surface area contributed by atoms with Crippen LogP contribution < -0.4 is 10.9 Å². The van der Waals surface area contributed by atoms with Crippen molar-refractivity contribution in [2.24, 2.45) is 17.8 Å². The lowest BCUT2D eigenvalue weighted by molar-refractivity contribution is -0.297. The Morgan fingerprint density at radius 2 is 1.75 bits per heavy atom. The van der Waals surface area contributed by atoms with Crippen molar-refractivity contribution in [3.8, 4) is 5.75 Å². The number of hydrogen-bond acceptors (Lipinski definition) is 11. The van der Waals surface area contributed by atoms with Crippen molar-refractivity contribution in [3.63, 3.8) is 0 Å². The third kappa shape index (κ3) is 11.7. The number of carbonyl (C=O) groups excluding carboxylic acids is 2. The fourth-order valence-electron chi connectivity index (χ4n) is 6.90. The van der Waals surface area contributed by atoms with Gasteiger partial charge in [0, 0.05) is 38.1 Å². The summed E-state index contributed by atoms with van der Waals surface area (Å²) >= 11 is 0. The molecule has 7 N–H and O–H groups in total. The third-order valence-electron chi connectivity index (χ3n) is 10.2. The van der Waals surface area contributed by atoms with E-state index in [4.69, 9.17) is 14.2 Å². The summed E-state index contributed by atoms with van der Waals surface area (Å²) in [5.41, 5.74) is -0.00347. The maximum atomic E-state index is 13.2. The Hall–Kier alpha value is -4.21. The highest BCUT2D eigenvalue weighted by Crippen LogP contribution is 2.38. The number of ketones is 1. The van der Waals surface area contributed by atoms with Crippen molar-refractivity contribution in [2.45, 2.75) is 103 Å². The topological polar surface area (TPSA) is 208 Å². The highest BCUT2D eigenvalue weighted by Gasteiger charge is 2.50. The molecule has 2 aliphatic heterocycles. The molecule has 2 saturated heterocycles. The number of Topliss-reactive ketones (excluding diaryl/α,β-unsaturated/α-hetero) is 1. The Bertz CT molecular complexity index is 1720. The van der Waals surface area contributed by atoms with E-state index in [1.165, 1.54) is 25.3 Å². The van der Waals surface area contributed by atoms with Gasteiger partial charge in [0.2, 0.25) is 5.91 Å². The molecule has 0 bridgehead atoms. The molecule has 1 aromatic rings. The number of carbonyl (C=O) groups is 2. The number of aromatic amines is 1. The first kappa shape index (κ1) is 45.2. The quantitative estimate of drug-likeness (QED) is 0.0691. The number of aliphatic hydroxyl groups excluding tert-OH is 3. The van der Waals surface area contributed by atoms with Gasteiger partial charge in [-0.15, -0.1) is 0 Å². The summed E-state index contributed by atoms with van der Waals surface area (Å²) in [6.45, 7) is 10.9. The van der Waals surface area contributed by atoms with Gasteiger partial charge >= 0.3 is 0 Å².